The predicted octanol–water partition coefficient (Wildman–Crippen LogP) is 2.05. The molecule has 3 fully saturated rings. The van der Waals surface area contributed by atoms with Crippen LogP contribution in [0.5, 0.6) is 0 Å². The molecule has 0 saturated heterocycles. The van der Waals surface area contributed by atoms with Crippen molar-refractivity contribution >= 4 is 11.8 Å². The van der Waals surface area contributed by atoms with E-state index in [9.17, 15) is 9.59 Å². The van der Waals surface area contributed by atoms with E-state index in [-0.39, 0.29) is 30.3 Å². The smallest absolute Gasteiger partial charge is 0.241 e. The number of carbonyl (C=O) groups excluding carboxylic acids is 2. The number of amides is 2. The first-order valence-corrected chi connectivity index (χ1v) is 9.85. The fourth-order valence-corrected chi connectivity index (χ4v) is 5.11. The van der Waals surface area contributed by atoms with Crippen molar-refractivity contribution < 1.29 is 9.59 Å². The molecular weight excluding hydrogens is 302 g/mol. The number of hydrogen-bond donors (Lipinski definition) is 2. The van der Waals surface area contributed by atoms with Crippen molar-refractivity contribution in [2.24, 2.45) is 23.5 Å². The fourth-order valence-electron chi connectivity index (χ4n) is 5.11. The van der Waals surface area contributed by atoms with Gasteiger partial charge in [-0.15, -0.1) is 0 Å². The van der Waals surface area contributed by atoms with Crippen LogP contribution in [0.1, 0.15) is 64.2 Å². The van der Waals surface area contributed by atoms with E-state index in [1.165, 1.54) is 25.7 Å². The van der Waals surface area contributed by atoms with Gasteiger partial charge in [-0.2, -0.15) is 0 Å². The van der Waals surface area contributed by atoms with Gasteiger partial charge >= 0.3 is 0 Å². The second kappa shape index (κ2) is 7.85. The summed E-state index contributed by atoms with van der Waals surface area (Å²) in [5, 5.41) is 2.91. The third-order valence-electron chi connectivity index (χ3n) is 6.71. The van der Waals surface area contributed by atoms with Crippen molar-refractivity contribution in [3.63, 3.8) is 0 Å². The number of nitrogens with zero attached hydrogens (tertiary/aromatic N) is 1. The van der Waals surface area contributed by atoms with E-state index in [2.05, 4.69) is 5.32 Å². The van der Waals surface area contributed by atoms with Crippen LogP contribution in [0, 0.1) is 17.8 Å². The molecule has 0 aromatic rings. The molecule has 24 heavy (non-hydrogen) atoms. The van der Waals surface area contributed by atoms with Gasteiger partial charge in [-0.3, -0.25) is 9.59 Å². The normalized spacial score (nSPS) is 33.8. The maximum Gasteiger partial charge on any atom is 0.241 e. The lowest BCUT2D eigenvalue weighted by molar-refractivity contribution is -0.135. The average Bonchev–Trinajstić information content (AvgIpc) is 2.59. The lowest BCUT2D eigenvalue weighted by atomic mass is 9.65. The van der Waals surface area contributed by atoms with E-state index in [1.807, 2.05) is 11.9 Å². The highest BCUT2D eigenvalue weighted by Gasteiger charge is 2.40. The van der Waals surface area contributed by atoms with Crippen LogP contribution < -0.4 is 11.1 Å². The minimum atomic E-state index is 0.0444. The molecule has 2 atom stereocenters. The lowest BCUT2D eigenvalue weighted by Gasteiger charge is -2.43. The molecule has 5 nitrogen and oxygen atoms in total. The van der Waals surface area contributed by atoms with Crippen LogP contribution in [0.25, 0.3) is 0 Å². The zero-order chi connectivity index (χ0) is 17.1. The van der Waals surface area contributed by atoms with Gasteiger partial charge in [-0.25, -0.2) is 0 Å². The van der Waals surface area contributed by atoms with Gasteiger partial charge in [0.05, 0.1) is 6.54 Å². The molecule has 3 rings (SSSR count). The molecule has 3 N–H and O–H groups in total. The van der Waals surface area contributed by atoms with Gasteiger partial charge in [0.15, 0.2) is 0 Å². The molecule has 2 unspecified atom stereocenters. The standard InChI is InChI=1S/C19H33N3O2/c1-22(16-8-3-2-4-9-16)17(23)12-21-19(24)15-10-13-6-5-7-14(11-15)18(13)20/h13-16,18H,2-12,20H2,1H3,(H,21,24). The summed E-state index contributed by atoms with van der Waals surface area (Å²) in [6, 6.07) is 0.636. The molecule has 0 heterocycles. The van der Waals surface area contributed by atoms with Crippen molar-refractivity contribution in [3.05, 3.63) is 0 Å². The Bertz CT molecular complexity index is 448. The van der Waals surface area contributed by atoms with E-state index >= 15 is 0 Å². The molecule has 0 aromatic heterocycles. The molecule has 0 spiro atoms. The van der Waals surface area contributed by atoms with Gasteiger partial charge < -0.3 is 16.0 Å². The molecule has 0 aromatic carbocycles. The fraction of sp³-hybridized carbons (Fsp3) is 0.895. The molecule has 3 saturated carbocycles. The average molecular weight is 335 g/mol. The molecule has 3 aliphatic rings. The SMILES string of the molecule is CN(C(=O)CNC(=O)C1CC2CCCC(C1)C2N)C1CCCCC1. The summed E-state index contributed by atoms with van der Waals surface area (Å²) in [5.41, 5.74) is 6.30. The van der Waals surface area contributed by atoms with Crippen LogP contribution in [0.3, 0.4) is 0 Å². The second-order valence-electron chi connectivity index (χ2n) is 8.21. The lowest BCUT2D eigenvalue weighted by Crippen LogP contribution is -2.50. The number of carbonyl (C=O) groups is 2. The summed E-state index contributed by atoms with van der Waals surface area (Å²) in [5.74, 6) is 1.14. The molecule has 2 amide bonds. The quantitative estimate of drug-likeness (QED) is 0.825. The van der Waals surface area contributed by atoms with E-state index in [0.29, 0.717) is 17.9 Å². The molecule has 2 bridgehead atoms. The van der Waals surface area contributed by atoms with Crippen LogP contribution in [-0.2, 0) is 9.59 Å². The minimum Gasteiger partial charge on any atom is -0.347 e. The Hall–Kier alpha value is -1.10. The van der Waals surface area contributed by atoms with Crippen LogP contribution in [0.4, 0.5) is 0 Å². The van der Waals surface area contributed by atoms with E-state index in [4.69, 9.17) is 5.73 Å². The maximum atomic E-state index is 12.5. The van der Waals surface area contributed by atoms with E-state index < -0.39 is 0 Å². The highest BCUT2D eigenvalue weighted by atomic mass is 16.2. The molecule has 5 heteroatoms. The third-order valence-corrected chi connectivity index (χ3v) is 6.71. The zero-order valence-corrected chi connectivity index (χ0v) is 15.0. The first-order chi connectivity index (χ1) is 11.6. The number of nitrogens with two attached hydrogens (primary N) is 1. The highest BCUT2D eigenvalue weighted by Crippen LogP contribution is 2.41. The van der Waals surface area contributed by atoms with Gasteiger partial charge in [0.2, 0.25) is 11.8 Å². The largest absolute Gasteiger partial charge is 0.347 e. The maximum absolute atomic E-state index is 12.5. The first-order valence-electron chi connectivity index (χ1n) is 9.85. The number of nitrogens with one attached hydrogen (secondary N) is 1. The van der Waals surface area contributed by atoms with Gasteiger partial charge in [0.1, 0.15) is 0 Å². The Labute approximate surface area is 145 Å². The topological polar surface area (TPSA) is 75.4 Å². The van der Waals surface area contributed by atoms with Gasteiger partial charge in [-0.1, -0.05) is 25.7 Å². The Balaban J connectivity index is 1.46. The van der Waals surface area contributed by atoms with Crippen molar-refractivity contribution in [2.75, 3.05) is 13.6 Å². The predicted molar refractivity (Wildman–Crippen MR) is 94.2 cm³/mol. The summed E-state index contributed by atoms with van der Waals surface area (Å²) in [4.78, 5) is 26.7. The van der Waals surface area contributed by atoms with Crippen molar-refractivity contribution in [3.8, 4) is 0 Å². The van der Waals surface area contributed by atoms with Crippen LogP contribution >= 0.6 is 0 Å². The second-order valence-corrected chi connectivity index (χ2v) is 8.21. The summed E-state index contributed by atoms with van der Waals surface area (Å²) < 4.78 is 0. The number of hydrogen-bond acceptors (Lipinski definition) is 3. The summed E-state index contributed by atoms with van der Waals surface area (Å²) in [7, 11) is 1.88. The van der Waals surface area contributed by atoms with Crippen LogP contribution in [0.15, 0.2) is 0 Å². The third kappa shape index (κ3) is 3.93. The van der Waals surface area contributed by atoms with Crippen molar-refractivity contribution in [2.45, 2.75) is 76.3 Å². The minimum absolute atomic E-state index is 0.0444. The van der Waals surface area contributed by atoms with Crippen molar-refractivity contribution in [1.29, 1.82) is 0 Å². The number of rotatable bonds is 4. The molecule has 0 aliphatic heterocycles. The first kappa shape index (κ1) is 17.7. The molecule has 3 aliphatic carbocycles. The summed E-state index contributed by atoms with van der Waals surface area (Å²) >= 11 is 0. The summed E-state index contributed by atoms with van der Waals surface area (Å²) in [6.45, 7) is 0.143. The Kier molecular flexibility index (Phi) is 5.80. The van der Waals surface area contributed by atoms with Gasteiger partial charge in [0, 0.05) is 25.0 Å². The van der Waals surface area contributed by atoms with Crippen molar-refractivity contribution in [1.82, 2.24) is 10.2 Å². The zero-order valence-electron chi connectivity index (χ0n) is 15.0. The van der Waals surface area contributed by atoms with E-state index in [1.54, 1.807) is 0 Å². The Morgan fingerprint density at radius 3 is 2.25 bits per heavy atom. The Morgan fingerprint density at radius 2 is 1.62 bits per heavy atom. The van der Waals surface area contributed by atoms with Gasteiger partial charge in [0.25, 0.3) is 0 Å². The summed E-state index contributed by atoms with van der Waals surface area (Å²) in [6.07, 6.45) is 11.3. The van der Waals surface area contributed by atoms with Crippen LogP contribution in [0.2, 0.25) is 0 Å². The Morgan fingerprint density at radius 1 is 1.00 bits per heavy atom. The van der Waals surface area contributed by atoms with Crippen LogP contribution in [-0.4, -0.2) is 42.4 Å². The number of fused-ring (bicyclic) bond motifs is 2. The molecule has 136 valence electrons. The van der Waals surface area contributed by atoms with Gasteiger partial charge in [-0.05, 0) is 50.4 Å². The highest BCUT2D eigenvalue weighted by molar-refractivity contribution is 5.86. The van der Waals surface area contributed by atoms with E-state index in [0.717, 1.165) is 38.5 Å². The number of likely N-dealkylation sites (N-methyl/N-ethyl adjacent to an activating group) is 1. The molecule has 0 radical (unpaired) electrons. The monoisotopic (exact) mass is 335 g/mol. The molecular formula is C19H33N3O2.